The summed E-state index contributed by atoms with van der Waals surface area (Å²) in [6, 6.07) is 0.273. The van der Waals surface area contributed by atoms with Gasteiger partial charge in [0.1, 0.15) is 5.78 Å². The third-order valence-corrected chi connectivity index (χ3v) is 2.26. The first kappa shape index (κ1) is 7.73. The van der Waals surface area contributed by atoms with Crippen LogP contribution in [-0.4, -0.2) is 29.8 Å². The minimum atomic E-state index is 0.273. The highest BCUT2D eigenvalue weighted by atomic mass is 16.1. The standard InChI is InChI=1S/C8H15NO/c1-3-8(10)7-5-6-9(7)4-2/h7H,3-6H2,1-2H3. The summed E-state index contributed by atoms with van der Waals surface area (Å²) in [7, 11) is 0. The van der Waals surface area contributed by atoms with Crippen LogP contribution in [0, 0.1) is 0 Å². The van der Waals surface area contributed by atoms with Crippen LogP contribution in [0.15, 0.2) is 0 Å². The van der Waals surface area contributed by atoms with Gasteiger partial charge in [0.05, 0.1) is 6.04 Å². The predicted molar refractivity (Wildman–Crippen MR) is 41.0 cm³/mol. The molecule has 1 rings (SSSR count). The third-order valence-electron chi connectivity index (χ3n) is 2.26. The van der Waals surface area contributed by atoms with Crippen molar-refractivity contribution in [2.45, 2.75) is 32.7 Å². The molecule has 0 radical (unpaired) electrons. The second kappa shape index (κ2) is 3.15. The lowest BCUT2D eigenvalue weighted by Crippen LogP contribution is -2.51. The number of rotatable bonds is 3. The fraction of sp³-hybridized carbons (Fsp3) is 0.875. The van der Waals surface area contributed by atoms with Crippen LogP contribution in [0.25, 0.3) is 0 Å². The smallest absolute Gasteiger partial charge is 0.149 e. The van der Waals surface area contributed by atoms with Gasteiger partial charge in [0.15, 0.2) is 0 Å². The zero-order chi connectivity index (χ0) is 7.56. The molecule has 1 fully saturated rings. The monoisotopic (exact) mass is 141 g/mol. The quantitative estimate of drug-likeness (QED) is 0.585. The zero-order valence-corrected chi connectivity index (χ0v) is 6.76. The highest BCUT2D eigenvalue weighted by Crippen LogP contribution is 2.17. The van der Waals surface area contributed by atoms with Gasteiger partial charge in [-0.15, -0.1) is 0 Å². The van der Waals surface area contributed by atoms with Crippen molar-refractivity contribution in [3.63, 3.8) is 0 Å². The largest absolute Gasteiger partial charge is 0.298 e. The first-order chi connectivity index (χ1) is 4.79. The summed E-state index contributed by atoms with van der Waals surface area (Å²) >= 11 is 0. The Labute approximate surface area is 62.2 Å². The highest BCUT2D eigenvalue weighted by Gasteiger charge is 2.30. The Morgan fingerprint density at radius 3 is 2.60 bits per heavy atom. The van der Waals surface area contributed by atoms with Crippen molar-refractivity contribution < 1.29 is 4.79 Å². The molecule has 0 saturated carbocycles. The van der Waals surface area contributed by atoms with E-state index in [0.29, 0.717) is 12.2 Å². The molecule has 1 heterocycles. The van der Waals surface area contributed by atoms with E-state index in [4.69, 9.17) is 0 Å². The van der Waals surface area contributed by atoms with Gasteiger partial charge in [-0.05, 0) is 13.0 Å². The Bertz CT molecular complexity index is 131. The number of Topliss-reactive ketones (excluding diaryl/α,β-unsaturated/α-hetero) is 1. The van der Waals surface area contributed by atoms with Gasteiger partial charge in [0.2, 0.25) is 0 Å². The Kier molecular flexibility index (Phi) is 2.44. The fourth-order valence-corrected chi connectivity index (χ4v) is 1.42. The van der Waals surface area contributed by atoms with E-state index in [-0.39, 0.29) is 6.04 Å². The molecule has 1 saturated heterocycles. The second-order valence-electron chi connectivity index (χ2n) is 2.75. The van der Waals surface area contributed by atoms with Gasteiger partial charge in [-0.25, -0.2) is 0 Å². The predicted octanol–water partition coefficient (Wildman–Crippen LogP) is 1.06. The number of likely N-dealkylation sites (N-methyl/N-ethyl adjacent to an activating group) is 1. The SMILES string of the molecule is CCC(=O)C1CCN1CC. The Morgan fingerprint density at radius 2 is 2.30 bits per heavy atom. The zero-order valence-electron chi connectivity index (χ0n) is 6.76. The normalized spacial score (nSPS) is 26.0. The molecule has 0 bridgehead atoms. The van der Waals surface area contributed by atoms with Crippen LogP contribution in [0.4, 0.5) is 0 Å². The topological polar surface area (TPSA) is 20.3 Å². The average Bonchev–Trinajstić information content (AvgIpc) is 1.86. The van der Waals surface area contributed by atoms with Crippen LogP contribution in [0.1, 0.15) is 26.7 Å². The van der Waals surface area contributed by atoms with E-state index >= 15 is 0 Å². The Morgan fingerprint density at radius 1 is 1.60 bits per heavy atom. The number of hydrogen-bond acceptors (Lipinski definition) is 2. The van der Waals surface area contributed by atoms with Crippen molar-refractivity contribution in [1.82, 2.24) is 4.90 Å². The molecule has 1 aliphatic rings. The Hall–Kier alpha value is -0.370. The summed E-state index contributed by atoms with van der Waals surface area (Å²) in [6.07, 6.45) is 1.78. The van der Waals surface area contributed by atoms with Crippen LogP contribution in [-0.2, 0) is 4.79 Å². The van der Waals surface area contributed by atoms with Gasteiger partial charge in [0, 0.05) is 13.0 Å². The van der Waals surface area contributed by atoms with Crippen molar-refractivity contribution >= 4 is 5.78 Å². The van der Waals surface area contributed by atoms with Crippen LogP contribution >= 0.6 is 0 Å². The van der Waals surface area contributed by atoms with Crippen molar-refractivity contribution in [2.24, 2.45) is 0 Å². The first-order valence-corrected chi connectivity index (χ1v) is 4.06. The molecule has 0 amide bonds. The molecule has 0 N–H and O–H groups in total. The molecule has 2 heteroatoms. The second-order valence-corrected chi connectivity index (χ2v) is 2.75. The third kappa shape index (κ3) is 1.21. The molecule has 1 aliphatic heterocycles. The van der Waals surface area contributed by atoms with E-state index in [1.165, 1.54) is 0 Å². The average molecular weight is 141 g/mol. The molecule has 0 aromatic rings. The van der Waals surface area contributed by atoms with Crippen LogP contribution in [0.3, 0.4) is 0 Å². The van der Waals surface area contributed by atoms with E-state index in [0.717, 1.165) is 19.5 Å². The van der Waals surface area contributed by atoms with Crippen molar-refractivity contribution in [3.05, 3.63) is 0 Å². The molecule has 0 spiro atoms. The molecule has 1 unspecified atom stereocenters. The molecule has 0 aliphatic carbocycles. The number of nitrogens with zero attached hydrogens (tertiary/aromatic N) is 1. The molecule has 10 heavy (non-hydrogen) atoms. The van der Waals surface area contributed by atoms with Crippen LogP contribution in [0.2, 0.25) is 0 Å². The molecule has 0 aromatic heterocycles. The van der Waals surface area contributed by atoms with E-state index in [9.17, 15) is 4.79 Å². The summed E-state index contributed by atoms with van der Waals surface area (Å²) in [5, 5.41) is 0. The minimum Gasteiger partial charge on any atom is -0.298 e. The van der Waals surface area contributed by atoms with Gasteiger partial charge in [-0.3, -0.25) is 9.69 Å². The van der Waals surface area contributed by atoms with Gasteiger partial charge < -0.3 is 0 Å². The molecule has 58 valence electrons. The van der Waals surface area contributed by atoms with Gasteiger partial charge >= 0.3 is 0 Å². The van der Waals surface area contributed by atoms with E-state index in [2.05, 4.69) is 11.8 Å². The number of hydrogen-bond donors (Lipinski definition) is 0. The maximum absolute atomic E-state index is 11.1. The molecule has 2 nitrogen and oxygen atoms in total. The van der Waals surface area contributed by atoms with Gasteiger partial charge in [0.25, 0.3) is 0 Å². The number of ketones is 1. The number of carbonyl (C=O) groups is 1. The minimum absolute atomic E-state index is 0.273. The van der Waals surface area contributed by atoms with Crippen molar-refractivity contribution in [2.75, 3.05) is 13.1 Å². The molecule has 0 aromatic carbocycles. The lowest BCUT2D eigenvalue weighted by molar-refractivity contribution is -0.128. The fourth-order valence-electron chi connectivity index (χ4n) is 1.42. The lowest BCUT2D eigenvalue weighted by Gasteiger charge is -2.38. The summed E-state index contributed by atoms with van der Waals surface area (Å²) in [5.74, 6) is 0.410. The summed E-state index contributed by atoms with van der Waals surface area (Å²) in [4.78, 5) is 13.3. The molecule has 1 atom stereocenters. The van der Waals surface area contributed by atoms with E-state index < -0.39 is 0 Å². The van der Waals surface area contributed by atoms with E-state index in [1.54, 1.807) is 0 Å². The van der Waals surface area contributed by atoms with Gasteiger partial charge in [-0.1, -0.05) is 13.8 Å². The van der Waals surface area contributed by atoms with Crippen LogP contribution < -0.4 is 0 Å². The first-order valence-electron chi connectivity index (χ1n) is 4.06. The lowest BCUT2D eigenvalue weighted by atomic mass is 9.97. The number of carbonyl (C=O) groups excluding carboxylic acids is 1. The molecular formula is C8H15NO. The summed E-state index contributed by atoms with van der Waals surface area (Å²) < 4.78 is 0. The Balaban J connectivity index is 2.35. The maximum Gasteiger partial charge on any atom is 0.149 e. The summed E-state index contributed by atoms with van der Waals surface area (Å²) in [5.41, 5.74) is 0. The van der Waals surface area contributed by atoms with Crippen molar-refractivity contribution in [3.8, 4) is 0 Å². The highest BCUT2D eigenvalue weighted by molar-refractivity contribution is 5.84. The van der Waals surface area contributed by atoms with Crippen molar-refractivity contribution in [1.29, 1.82) is 0 Å². The van der Waals surface area contributed by atoms with Crippen LogP contribution in [0.5, 0.6) is 0 Å². The van der Waals surface area contributed by atoms with E-state index in [1.807, 2.05) is 6.92 Å². The maximum atomic E-state index is 11.1. The summed E-state index contributed by atoms with van der Waals surface area (Å²) in [6.45, 7) is 6.19. The molecular weight excluding hydrogens is 126 g/mol. The van der Waals surface area contributed by atoms with Gasteiger partial charge in [-0.2, -0.15) is 0 Å². The number of likely N-dealkylation sites (tertiary alicyclic amines) is 1.